The Hall–Kier alpha value is -1.24. The van der Waals surface area contributed by atoms with Crippen molar-refractivity contribution >= 4 is 11.8 Å². The van der Waals surface area contributed by atoms with E-state index in [1.54, 1.807) is 13.8 Å². The van der Waals surface area contributed by atoms with Crippen molar-refractivity contribution in [3.63, 3.8) is 0 Å². The number of carbonyl (C=O) groups excluding carboxylic acids is 2. The van der Waals surface area contributed by atoms with Crippen LogP contribution in [0.15, 0.2) is 12.2 Å². The summed E-state index contributed by atoms with van der Waals surface area (Å²) in [6.07, 6.45) is -1.26. The Bertz CT molecular complexity index is 571. The summed E-state index contributed by atoms with van der Waals surface area (Å²) in [7, 11) is 0. The molecule has 6 heteroatoms. The number of esters is 1. The summed E-state index contributed by atoms with van der Waals surface area (Å²) in [5, 5.41) is 10.1. The molecular formula is C15H18O6. The van der Waals surface area contributed by atoms with Gasteiger partial charge in [0, 0.05) is 11.5 Å². The summed E-state index contributed by atoms with van der Waals surface area (Å²) < 4.78 is 16.6. The van der Waals surface area contributed by atoms with E-state index < -0.39 is 41.6 Å². The van der Waals surface area contributed by atoms with Gasteiger partial charge in [-0.25, -0.2) is 4.79 Å². The van der Waals surface area contributed by atoms with Crippen molar-refractivity contribution in [3.05, 3.63) is 12.2 Å². The van der Waals surface area contributed by atoms with Gasteiger partial charge in [-0.2, -0.15) is 0 Å². The second-order valence-corrected chi connectivity index (χ2v) is 6.84. The maximum atomic E-state index is 13.0. The summed E-state index contributed by atoms with van der Waals surface area (Å²) in [4.78, 5) is 24.8. The second kappa shape index (κ2) is 3.74. The number of aliphatic hydroxyl groups excluding tert-OH is 1. The molecular weight excluding hydrogens is 276 g/mol. The number of ether oxygens (including phenoxy) is 3. The zero-order valence-electron chi connectivity index (χ0n) is 12.0. The van der Waals surface area contributed by atoms with Crippen LogP contribution in [0.1, 0.15) is 26.7 Å². The van der Waals surface area contributed by atoms with Crippen LogP contribution in [-0.4, -0.2) is 46.6 Å². The molecule has 4 aliphatic rings. The third-order valence-corrected chi connectivity index (χ3v) is 5.56. The van der Waals surface area contributed by atoms with Crippen molar-refractivity contribution in [1.29, 1.82) is 0 Å². The normalized spacial score (nSPS) is 55.2. The number of hydrogen-bond acceptors (Lipinski definition) is 6. The van der Waals surface area contributed by atoms with Crippen LogP contribution >= 0.6 is 0 Å². The van der Waals surface area contributed by atoms with Crippen LogP contribution in [-0.2, 0) is 23.8 Å². The SMILES string of the molecule is C=C1C(=O)OC2C1CCC1(C)OC(O)C3OC3(C)C2C1=O. The number of ketones is 1. The lowest BCUT2D eigenvalue weighted by atomic mass is 9.77. The highest BCUT2D eigenvalue weighted by Gasteiger charge is 2.73. The van der Waals surface area contributed by atoms with Gasteiger partial charge in [0.1, 0.15) is 23.4 Å². The minimum absolute atomic E-state index is 0.154. The average Bonchev–Trinajstić information content (AvgIpc) is 3.04. The first kappa shape index (κ1) is 13.4. The molecule has 2 bridgehead atoms. The van der Waals surface area contributed by atoms with Gasteiger partial charge >= 0.3 is 5.97 Å². The van der Waals surface area contributed by atoms with Crippen molar-refractivity contribution in [2.45, 2.75) is 56.4 Å². The van der Waals surface area contributed by atoms with Crippen LogP contribution < -0.4 is 0 Å². The van der Waals surface area contributed by atoms with Crippen molar-refractivity contribution < 1.29 is 28.9 Å². The van der Waals surface area contributed by atoms with E-state index >= 15 is 0 Å². The summed E-state index contributed by atoms with van der Waals surface area (Å²) in [6.45, 7) is 7.28. The molecule has 0 aromatic rings. The lowest BCUT2D eigenvalue weighted by molar-refractivity contribution is -0.195. The van der Waals surface area contributed by atoms with Gasteiger partial charge in [0.25, 0.3) is 0 Å². The lowest BCUT2D eigenvalue weighted by Crippen LogP contribution is -2.48. The summed E-state index contributed by atoms with van der Waals surface area (Å²) in [5.41, 5.74) is -1.49. The topological polar surface area (TPSA) is 85.4 Å². The number of fused-ring (bicyclic) bond motifs is 6. The number of aliphatic hydroxyl groups is 1. The monoisotopic (exact) mass is 294 g/mol. The molecule has 21 heavy (non-hydrogen) atoms. The summed E-state index contributed by atoms with van der Waals surface area (Å²) in [6, 6.07) is 0. The third-order valence-electron chi connectivity index (χ3n) is 5.56. The number of rotatable bonds is 0. The Morgan fingerprint density at radius 3 is 2.71 bits per heavy atom. The Balaban J connectivity index is 1.83. The van der Waals surface area contributed by atoms with Gasteiger partial charge in [-0.1, -0.05) is 6.58 Å². The van der Waals surface area contributed by atoms with Crippen LogP contribution in [0, 0.1) is 11.8 Å². The number of carbonyl (C=O) groups is 2. The quantitative estimate of drug-likeness (QED) is 0.394. The van der Waals surface area contributed by atoms with Gasteiger partial charge in [0.2, 0.25) is 0 Å². The van der Waals surface area contributed by atoms with Gasteiger partial charge in [-0.3, -0.25) is 4.79 Å². The molecule has 3 saturated heterocycles. The predicted molar refractivity (Wildman–Crippen MR) is 69.0 cm³/mol. The van der Waals surface area contributed by atoms with Crippen molar-refractivity contribution in [2.75, 3.05) is 0 Å². The highest BCUT2D eigenvalue weighted by molar-refractivity contribution is 5.95. The summed E-state index contributed by atoms with van der Waals surface area (Å²) >= 11 is 0. The predicted octanol–water partition coefficient (Wildman–Crippen LogP) is 0.328. The van der Waals surface area contributed by atoms with Crippen LogP contribution in [0.3, 0.4) is 0 Å². The van der Waals surface area contributed by atoms with E-state index in [0.717, 1.165) is 0 Å². The maximum Gasteiger partial charge on any atom is 0.334 e. The highest BCUT2D eigenvalue weighted by Crippen LogP contribution is 2.56. The van der Waals surface area contributed by atoms with Crippen LogP contribution in [0.2, 0.25) is 0 Å². The molecule has 1 saturated carbocycles. The fourth-order valence-corrected chi connectivity index (χ4v) is 4.17. The van der Waals surface area contributed by atoms with E-state index in [2.05, 4.69) is 6.58 Å². The molecule has 3 aliphatic heterocycles. The highest BCUT2D eigenvalue weighted by atomic mass is 16.7. The van der Waals surface area contributed by atoms with Crippen LogP contribution in [0.5, 0.6) is 0 Å². The van der Waals surface area contributed by atoms with Gasteiger partial charge in [0.05, 0.1) is 5.92 Å². The smallest absolute Gasteiger partial charge is 0.334 e. The Labute approximate surface area is 122 Å². The van der Waals surface area contributed by atoms with Gasteiger partial charge in [0.15, 0.2) is 12.1 Å². The van der Waals surface area contributed by atoms with E-state index in [9.17, 15) is 14.7 Å². The molecule has 3 heterocycles. The molecule has 1 aliphatic carbocycles. The van der Waals surface area contributed by atoms with E-state index in [1.165, 1.54) is 0 Å². The van der Waals surface area contributed by atoms with Gasteiger partial charge in [-0.05, 0) is 26.7 Å². The molecule has 4 fully saturated rings. The van der Waals surface area contributed by atoms with E-state index in [4.69, 9.17) is 14.2 Å². The number of epoxide rings is 1. The molecule has 0 spiro atoms. The minimum atomic E-state index is -1.13. The molecule has 1 N–H and O–H groups in total. The first-order valence-corrected chi connectivity index (χ1v) is 7.26. The number of hydrogen-bond donors (Lipinski definition) is 1. The molecule has 7 atom stereocenters. The van der Waals surface area contributed by atoms with Crippen molar-refractivity contribution in [2.24, 2.45) is 11.8 Å². The molecule has 4 rings (SSSR count). The maximum absolute atomic E-state index is 13.0. The third kappa shape index (κ3) is 1.53. The fourth-order valence-electron chi connectivity index (χ4n) is 4.17. The van der Waals surface area contributed by atoms with Gasteiger partial charge < -0.3 is 19.3 Å². The van der Waals surface area contributed by atoms with Crippen molar-refractivity contribution in [1.82, 2.24) is 0 Å². The molecule has 0 amide bonds. The van der Waals surface area contributed by atoms with E-state index in [-0.39, 0.29) is 11.7 Å². The second-order valence-electron chi connectivity index (χ2n) is 6.84. The Morgan fingerprint density at radius 1 is 1.29 bits per heavy atom. The standard InChI is InChI=1S/C15H18O6/c1-6-7-4-5-14(2)10(16)8(9(7)19-12(6)17)15(3)11(20-15)13(18)21-14/h7-9,11,13,18H,1,4-5H2,2-3H3. The van der Waals surface area contributed by atoms with E-state index in [1.807, 2.05) is 0 Å². The lowest BCUT2D eigenvalue weighted by Gasteiger charge is -2.31. The minimum Gasteiger partial charge on any atom is -0.457 e. The molecule has 0 aromatic heterocycles. The largest absolute Gasteiger partial charge is 0.457 e. The molecule has 114 valence electrons. The molecule has 0 aromatic carbocycles. The van der Waals surface area contributed by atoms with Gasteiger partial charge in [-0.15, -0.1) is 0 Å². The zero-order valence-corrected chi connectivity index (χ0v) is 12.0. The summed E-state index contributed by atoms with van der Waals surface area (Å²) in [5.74, 6) is -1.40. The first-order valence-electron chi connectivity index (χ1n) is 7.26. The average molecular weight is 294 g/mol. The molecule has 0 radical (unpaired) electrons. The van der Waals surface area contributed by atoms with E-state index in [0.29, 0.717) is 18.4 Å². The number of Topliss-reactive ketones (excluding diaryl/α,β-unsaturated/α-hetero) is 1. The van der Waals surface area contributed by atoms with Crippen molar-refractivity contribution in [3.8, 4) is 0 Å². The Kier molecular flexibility index (Phi) is 2.39. The fraction of sp³-hybridized carbons (Fsp3) is 0.733. The Morgan fingerprint density at radius 2 is 2.00 bits per heavy atom. The van der Waals surface area contributed by atoms with Crippen LogP contribution in [0.4, 0.5) is 0 Å². The molecule has 7 unspecified atom stereocenters. The zero-order chi connectivity index (χ0) is 15.2. The molecule has 6 nitrogen and oxygen atoms in total. The van der Waals surface area contributed by atoms with Crippen LogP contribution in [0.25, 0.3) is 0 Å². The first-order chi connectivity index (χ1) is 9.78.